The number of nitrogens with zero attached hydrogens (tertiary/aromatic N) is 1. The molecule has 0 bridgehead atoms. The number of H-pyrrole nitrogens is 1. The van der Waals surface area contributed by atoms with E-state index >= 15 is 0 Å². The number of benzene rings is 1. The van der Waals surface area contributed by atoms with Gasteiger partial charge >= 0.3 is 0 Å². The summed E-state index contributed by atoms with van der Waals surface area (Å²) >= 11 is 3.03. The average Bonchev–Trinajstić information content (AvgIpc) is 2.74. The molecule has 2 rings (SSSR count). The fourth-order valence-electron chi connectivity index (χ4n) is 1.32. The molecule has 3 nitrogen and oxygen atoms in total. The van der Waals surface area contributed by atoms with Crippen LogP contribution in [0.3, 0.4) is 0 Å². The standard InChI is InChI=1S/C11H8BrFN2O/c12-8-2-1-7(5-9(8)13)10(16)6-11-14-3-4-15-11/h1-5H,6H2,(H,14,15). The summed E-state index contributed by atoms with van der Waals surface area (Å²) in [5.74, 6) is -0.0278. The van der Waals surface area contributed by atoms with Gasteiger partial charge in [-0.15, -0.1) is 0 Å². The minimum Gasteiger partial charge on any atom is -0.348 e. The lowest BCUT2D eigenvalue weighted by molar-refractivity contribution is 0.0990. The zero-order valence-corrected chi connectivity index (χ0v) is 9.79. The number of Topliss-reactive ketones (excluding diaryl/α,β-unsaturated/α-hetero) is 1. The Morgan fingerprint density at radius 2 is 2.31 bits per heavy atom. The van der Waals surface area contributed by atoms with Gasteiger partial charge in [0, 0.05) is 18.0 Å². The number of hydrogen-bond acceptors (Lipinski definition) is 2. The van der Waals surface area contributed by atoms with Gasteiger partial charge in [0.25, 0.3) is 0 Å². The smallest absolute Gasteiger partial charge is 0.170 e. The molecule has 0 aliphatic rings. The van der Waals surface area contributed by atoms with Crippen molar-refractivity contribution in [3.63, 3.8) is 0 Å². The van der Waals surface area contributed by atoms with Gasteiger partial charge in [0.1, 0.15) is 11.6 Å². The molecule has 5 heteroatoms. The third-order valence-corrected chi connectivity index (χ3v) is 2.77. The van der Waals surface area contributed by atoms with Crippen LogP contribution in [0, 0.1) is 5.82 Å². The second kappa shape index (κ2) is 4.57. The Kier molecular flexibility index (Phi) is 3.14. The van der Waals surface area contributed by atoms with Crippen molar-refractivity contribution in [2.45, 2.75) is 6.42 Å². The normalized spacial score (nSPS) is 10.4. The van der Waals surface area contributed by atoms with Gasteiger partial charge in [0.05, 0.1) is 10.9 Å². The van der Waals surface area contributed by atoms with Gasteiger partial charge in [0.15, 0.2) is 5.78 Å². The monoisotopic (exact) mass is 282 g/mol. The maximum atomic E-state index is 13.2. The summed E-state index contributed by atoms with van der Waals surface area (Å²) in [5.41, 5.74) is 0.345. The molecule has 0 amide bonds. The van der Waals surface area contributed by atoms with Crippen molar-refractivity contribution >= 4 is 21.7 Å². The van der Waals surface area contributed by atoms with Gasteiger partial charge < -0.3 is 4.98 Å². The van der Waals surface area contributed by atoms with Gasteiger partial charge in [-0.3, -0.25) is 4.79 Å². The minimum atomic E-state index is -0.440. The molecule has 1 N–H and O–H groups in total. The summed E-state index contributed by atoms with van der Waals surface area (Å²) in [6.07, 6.45) is 3.36. The summed E-state index contributed by atoms with van der Waals surface area (Å²) in [4.78, 5) is 18.5. The molecule has 2 aromatic rings. The molecule has 0 unspecified atom stereocenters. The zero-order chi connectivity index (χ0) is 11.5. The van der Waals surface area contributed by atoms with E-state index in [1.54, 1.807) is 18.5 Å². The van der Waals surface area contributed by atoms with Crippen LogP contribution in [0.4, 0.5) is 4.39 Å². The number of halogens is 2. The number of imidazole rings is 1. The van der Waals surface area contributed by atoms with Crippen molar-refractivity contribution in [1.82, 2.24) is 9.97 Å². The van der Waals surface area contributed by atoms with Crippen molar-refractivity contribution in [2.75, 3.05) is 0 Å². The molecule has 0 fully saturated rings. The Bertz CT molecular complexity index is 511. The lowest BCUT2D eigenvalue weighted by atomic mass is 10.1. The number of aromatic amines is 1. The minimum absolute atomic E-state index is 0.147. The molecule has 0 atom stereocenters. The molecule has 16 heavy (non-hydrogen) atoms. The van der Waals surface area contributed by atoms with Crippen LogP contribution in [0.25, 0.3) is 0 Å². The summed E-state index contributed by atoms with van der Waals surface area (Å²) in [6.45, 7) is 0. The highest BCUT2D eigenvalue weighted by atomic mass is 79.9. The van der Waals surface area contributed by atoms with Crippen LogP contribution in [0.1, 0.15) is 16.2 Å². The third-order valence-electron chi connectivity index (χ3n) is 2.12. The first-order valence-corrected chi connectivity index (χ1v) is 5.42. The van der Waals surface area contributed by atoms with E-state index < -0.39 is 5.82 Å². The number of rotatable bonds is 3. The lowest BCUT2D eigenvalue weighted by Crippen LogP contribution is -2.05. The fraction of sp³-hybridized carbons (Fsp3) is 0.0909. The van der Waals surface area contributed by atoms with Gasteiger partial charge in [0.2, 0.25) is 0 Å². The molecule has 1 aromatic carbocycles. The summed E-state index contributed by atoms with van der Waals surface area (Å²) in [7, 11) is 0. The maximum Gasteiger partial charge on any atom is 0.170 e. The number of hydrogen-bond donors (Lipinski definition) is 1. The third kappa shape index (κ3) is 2.36. The predicted octanol–water partition coefficient (Wildman–Crippen LogP) is 2.74. The van der Waals surface area contributed by atoms with Crippen LogP contribution in [0.5, 0.6) is 0 Å². The predicted molar refractivity (Wildman–Crippen MR) is 60.7 cm³/mol. The lowest BCUT2D eigenvalue weighted by Gasteiger charge is -2.00. The van der Waals surface area contributed by atoms with Crippen LogP contribution in [-0.2, 0) is 6.42 Å². The van der Waals surface area contributed by atoms with Crippen molar-refractivity contribution in [1.29, 1.82) is 0 Å². The molecule has 0 saturated heterocycles. The molecular formula is C11H8BrFN2O. The molecule has 1 aromatic heterocycles. The van der Waals surface area contributed by atoms with Crippen LogP contribution in [0.15, 0.2) is 35.1 Å². The number of carbonyl (C=O) groups excluding carboxylic acids is 1. The molecule has 0 spiro atoms. The Morgan fingerprint density at radius 3 is 2.94 bits per heavy atom. The first kappa shape index (κ1) is 11.0. The molecule has 0 radical (unpaired) electrons. The molecule has 82 valence electrons. The van der Waals surface area contributed by atoms with E-state index in [2.05, 4.69) is 25.9 Å². The average molecular weight is 283 g/mol. The Balaban J connectivity index is 2.18. The van der Waals surface area contributed by atoms with Crippen molar-refractivity contribution in [3.8, 4) is 0 Å². The zero-order valence-electron chi connectivity index (χ0n) is 8.21. The highest BCUT2D eigenvalue weighted by molar-refractivity contribution is 9.10. The van der Waals surface area contributed by atoms with Gasteiger partial charge in [-0.2, -0.15) is 0 Å². The molecule has 1 heterocycles. The van der Waals surface area contributed by atoms with Gasteiger partial charge in [-0.25, -0.2) is 9.37 Å². The number of nitrogens with one attached hydrogen (secondary N) is 1. The van der Waals surface area contributed by atoms with Crippen molar-refractivity contribution in [2.24, 2.45) is 0 Å². The SMILES string of the molecule is O=C(Cc1ncc[nH]1)c1ccc(Br)c(F)c1. The van der Waals surface area contributed by atoms with Crippen LogP contribution in [0.2, 0.25) is 0 Å². The Morgan fingerprint density at radius 1 is 1.50 bits per heavy atom. The molecule has 0 saturated carbocycles. The highest BCUT2D eigenvalue weighted by Crippen LogP contribution is 2.17. The van der Waals surface area contributed by atoms with Crippen LogP contribution < -0.4 is 0 Å². The van der Waals surface area contributed by atoms with Crippen molar-refractivity contribution < 1.29 is 9.18 Å². The number of ketones is 1. The van der Waals surface area contributed by atoms with E-state index in [4.69, 9.17) is 0 Å². The first-order valence-electron chi connectivity index (χ1n) is 4.63. The van der Waals surface area contributed by atoms with E-state index in [0.29, 0.717) is 15.9 Å². The first-order chi connectivity index (χ1) is 7.66. The molecule has 0 aliphatic carbocycles. The highest BCUT2D eigenvalue weighted by Gasteiger charge is 2.10. The van der Waals surface area contributed by atoms with Crippen LogP contribution >= 0.6 is 15.9 Å². The maximum absolute atomic E-state index is 13.2. The van der Waals surface area contributed by atoms with E-state index in [1.165, 1.54) is 12.1 Å². The quantitative estimate of drug-likeness (QED) is 0.880. The topological polar surface area (TPSA) is 45.8 Å². The largest absolute Gasteiger partial charge is 0.348 e. The van der Waals surface area contributed by atoms with E-state index in [1.807, 2.05) is 0 Å². The number of aromatic nitrogens is 2. The Labute approximate surface area is 99.8 Å². The van der Waals surface area contributed by atoms with Crippen molar-refractivity contribution in [3.05, 3.63) is 52.3 Å². The summed E-state index contributed by atoms with van der Waals surface area (Å²) in [5, 5.41) is 0. The van der Waals surface area contributed by atoms with Crippen LogP contribution in [-0.4, -0.2) is 15.8 Å². The van der Waals surface area contributed by atoms with Gasteiger partial charge in [-0.05, 0) is 28.1 Å². The number of carbonyl (C=O) groups is 1. The van der Waals surface area contributed by atoms with E-state index in [9.17, 15) is 9.18 Å². The molecule has 0 aliphatic heterocycles. The van der Waals surface area contributed by atoms with E-state index in [0.717, 1.165) is 0 Å². The van der Waals surface area contributed by atoms with E-state index in [-0.39, 0.29) is 12.2 Å². The second-order valence-corrected chi connectivity index (χ2v) is 4.12. The summed E-state index contributed by atoms with van der Waals surface area (Å²) in [6, 6.07) is 4.32. The molecular weight excluding hydrogens is 275 g/mol. The van der Waals surface area contributed by atoms with Gasteiger partial charge in [-0.1, -0.05) is 6.07 Å². The fourth-order valence-corrected chi connectivity index (χ4v) is 1.56. The second-order valence-electron chi connectivity index (χ2n) is 3.26. The summed E-state index contributed by atoms with van der Waals surface area (Å²) < 4.78 is 13.5. The Hall–Kier alpha value is -1.49.